The van der Waals surface area contributed by atoms with Gasteiger partial charge in [-0.05, 0) is 38.8 Å². The van der Waals surface area contributed by atoms with Gasteiger partial charge in [-0.1, -0.05) is 6.07 Å². The average molecular weight is 277 g/mol. The molecule has 1 aliphatic heterocycles. The van der Waals surface area contributed by atoms with Gasteiger partial charge >= 0.3 is 6.09 Å². The van der Waals surface area contributed by atoms with E-state index in [4.69, 9.17) is 4.74 Å². The molecule has 5 heteroatoms. The van der Waals surface area contributed by atoms with E-state index in [-0.39, 0.29) is 6.09 Å². The van der Waals surface area contributed by atoms with Crippen LogP contribution in [0.15, 0.2) is 24.4 Å². The monoisotopic (exact) mass is 277 g/mol. The Kier molecular flexibility index (Phi) is 4.60. The molecule has 1 aliphatic rings. The number of nitrogens with zero attached hydrogens (tertiary/aromatic N) is 1. The van der Waals surface area contributed by atoms with Gasteiger partial charge in [-0.3, -0.25) is 4.98 Å². The number of nitrogens with one attached hydrogen (secondary N) is 2. The van der Waals surface area contributed by atoms with Crippen molar-refractivity contribution in [2.45, 2.75) is 32.3 Å². The molecule has 0 spiro atoms. The Morgan fingerprint density at radius 3 is 2.90 bits per heavy atom. The highest BCUT2D eigenvalue weighted by Gasteiger charge is 2.30. The fourth-order valence-electron chi connectivity index (χ4n) is 2.42. The molecule has 110 valence electrons. The van der Waals surface area contributed by atoms with E-state index in [1.165, 1.54) is 0 Å². The van der Waals surface area contributed by atoms with E-state index in [2.05, 4.69) is 15.6 Å². The van der Waals surface area contributed by atoms with Gasteiger partial charge in [0.25, 0.3) is 0 Å². The maximum atomic E-state index is 11.7. The second-order valence-electron chi connectivity index (χ2n) is 6.16. The molecule has 2 N–H and O–H groups in total. The smallest absolute Gasteiger partial charge is 0.407 e. The summed E-state index contributed by atoms with van der Waals surface area (Å²) in [6.07, 6.45) is 1.45. The number of rotatable bonds is 3. The molecule has 1 aromatic rings. The molecule has 0 saturated carbocycles. The molecule has 2 unspecified atom stereocenters. The highest BCUT2D eigenvalue weighted by atomic mass is 16.6. The van der Waals surface area contributed by atoms with Crippen LogP contribution in [0.5, 0.6) is 0 Å². The van der Waals surface area contributed by atoms with E-state index >= 15 is 0 Å². The lowest BCUT2D eigenvalue weighted by atomic mass is 9.92. The lowest BCUT2D eigenvalue weighted by Crippen LogP contribution is -2.36. The van der Waals surface area contributed by atoms with Gasteiger partial charge in [0, 0.05) is 37.4 Å². The SMILES string of the molecule is CC(C)(C)OC(=O)NCC1CNCC1c1ccccn1. The van der Waals surface area contributed by atoms with Crippen LogP contribution in [-0.2, 0) is 4.74 Å². The van der Waals surface area contributed by atoms with E-state index in [1.807, 2.05) is 45.2 Å². The third-order valence-corrected chi connectivity index (χ3v) is 3.31. The Morgan fingerprint density at radius 1 is 1.45 bits per heavy atom. The van der Waals surface area contributed by atoms with Gasteiger partial charge in [0.2, 0.25) is 0 Å². The van der Waals surface area contributed by atoms with Crippen molar-refractivity contribution in [3.63, 3.8) is 0 Å². The lowest BCUT2D eigenvalue weighted by molar-refractivity contribution is 0.0519. The summed E-state index contributed by atoms with van der Waals surface area (Å²) < 4.78 is 5.25. The van der Waals surface area contributed by atoms with Gasteiger partial charge in [-0.15, -0.1) is 0 Å². The van der Waals surface area contributed by atoms with E-state index in [1.54, 1.807) is 0 Å². The number of ether oxygens (including phenoxy) is 1. The Labute approximate surface area is 120 Å². The molecule has 1 saturated heterocycles. The van der Waals surface area contributed by atoms with Gasteiger partial charge < -0.3 is 15.4 Å². The molecule has 1 amide bonds. The largest absolute Gasteiger partial charge is 0.444 e. The molecule has 1 aromatic heterocycles. The summed E-state index contributed by atoms with van der Waals surface area (Å²) in [6, 6.07) is 5.96. The molecule has 20 heavy (non-hydrogen) atoms. The first-order valence-corrected chi connectivity index (χ1v) is 7.04. The average Bonchev–Trinajstić information content (AvgIpc) is 2.83. The summed E-state index contributed by atoms with van der Waals surface area (Å²) in [5.74, 6) is 0.684. The first-order chi connectivity index (χ1) is 9.46. The molecule has 2 atom stereocenters. The molecule has 0 bridgehead atoms. The maximum Gasteiger partial charge on any atom is 0.407 e. The maximum absolute atomic E-state index is 11.7. The molecule has 0 aliphatic carbocycles. The number of pyridine rings is 1. The number of carbonyl (C=O) groups is 1. The van der Waals surface area contributed by atoms with Crippen LogP contribution >= 0.6 is 0 Å². The first-order valence-electron chi connectivity index (χ1n) is 7.04. The van der Waals surface area contributed by atoms with Gasteiger partial charge in [0.05, 0.1) is 0 Å². The summed E-state index contributed by atoms with van der Waals surface area (Å²) in [5, 5.41) is 6.21. The van der Waals surface area contributed by atoms with E-state index in [0.29, 0.717) is 18.4 Å². The van der Waals surface area contributed by atoms with Crippen molar-refractivity contribution < 1.29 is 9.53 Å². The third kappa shape index (κ3) is 4.20. The highest BCUT2D eigenvalue weighted by Crippen LogP contribution is 2.25. The number of carbonyl (C=O) groups excluding carboxylic acids is 1. The molecule has 0 aromatic carbocycles. The van der Waals surface area contributed by atoms with Crippen LogP contribution in [0.3, 0.4) is 0 Å². The van der Waals surface area contributed by atoms with Crippen molar-refractivity contribution in [3.8, 4) is 0 Å². The van der Waals surface area contributed by atoms with E-state index in [0.717, 1.165) is 18.8 Å². The topological polar surface area (TPSA) is 63.2 Å². The minimum absolute atomic E-state index is 0.339. The van der Waals surface area contributed by atoms with Crippen LogP contribution in [0.2, 0.25) is 0 Å². The zero-order valence-electron chi connectivity index (χ0n) is 12.3. The zero-order valence-corrected chi connectivity index (χ0v) is 12.3. The summed E-state index contributed by atoms with van der Waals surface area (Å²) in [4.78, 5) is 16.1. The van der Waals surface area contributed by atoms with Crippen LogP contribution < -0.4 is 10.6 Å². The van der Waals surface area contributed by atoms with Crippen LogP contribution in [0, 0.1) is 5.92 Å². The molecule has 2 heterocycles. The molecular formula is C15H23N3O2. The van der Waals surface area contributed by atoms with Crippen molar-refractivity contribution >= 4 is 6.09 Å². The number of amides is 1. The normalized spacial score (nSPS) is 22.6. The quantitative estimate of drug-likeness (QED) is 0.886. The highest BCUT2D eigenvalue weighted by molar-refractivity contribution is 5.67. The fraction of sp³-hybridized carbons (Fsp3) is 0.600. The van der Waals surface area contributed by atoms with E-state index in [9.17, 15) is 4.79 Å². The van der Waals surface area contributed by atoms with Crippen molar-refractivity contribution in [1.29, 1.82) is 0 Å². The summed E-state index contributed by atoms with van der Waals surface area (Å²) in [7, 11) is 0. The van der Waals surface area contributed by atoms with Crippen LogP contribution in [0.1, 0.15) is 32.4 Å². The summed E-state index contributed by atoms with van der Waals surface area (Å²) >= 11 is 0. The second-order valence-corrected chi connectivity index (χ2v) is 6.16. The minimum atomic E-state index is -0.460. The predicted octanol–water partition coefficient (Wildman–Crippen LogP) is 1.91. The summed E-state index contributed by atoms with van der Waals surface area (Å²) in [5.41, 5.74) is 0.617. The van der Waals surface area contributed by atoms with Crippen molar-refractivity contribution in [3.05, 3.63) is 30.1 Å². The number of alkyl carbamates (subject to hydrolysis) is 1. The lowest BCUT2D eigenvalue weighted by Gasteiger charge is -2.22. The predicted molar refractivity (Wildman–Crippen MR) is 77.6 cm³/mol. The van der Waals surface area contributed by atoms with Gasteiger partial charge in [0.1, 0.15) is 5.60 Å². The van der Waals surface area contributed by atoms with Crippen molar-refractivity contribution in [1.82, 2.24) is 15.6 Å². The van der Waals surface area contributed by atoms with E-state index < -0.39 is 5.60 Å². The van der Waals surface area contributed by atoms with Crippen LogP contribution in [0.4, 0.5) is 4.79 Å². The second kappa shape index (κ2) is 6.22. The first kappa shape index (κ1) is 14.8. The third-order valence-electron chi connectivity index (χ3n) is 3.31. The van der Waals surface area contributed by atoms with Gasteiger partial charge in [0.15, 0.2) is 0 Å². The Bertz CT molecular complexity index is 442. The Morgan fingerprint density at radius 2 is 2.25 bits per heavy atom. The van der Waals surface area contributed by atoms with Crippen LogP contribution in [0.25, 0.3) is 0 Å². The zero-order chi connectivity index (χ0) is 14.6. The summed E-state index contributed by atoms with van der Waals surface area (Å²) in [6.45, 7) is 7.97. The Hall–Kier alpha value is -1.62. The van der Waals surface area contributed by atoms with Crippen LogP contribution in [-0.4, -0.2) is 36.3 Å². The fourth-order valence-corrected chi connectivity index (χ4v) is 2.42. The molecule has 2 rings (SSSR count). The molecule has 1 fully saturated rings. The van der Waals surface area contributed by atoms with Gasteiger partial charge in [-0.2, -0.15) is 0 Å². The molecule has 5 nitrogen and oxygen atoms in total. The van der Waals surface area contributed by atoms with Crippen molar-refractivity contribution in [2.75, 3.05) is 19.6 Å². The molecular weight excluding hydrogens is 254 g/mol. The van der Waals surface area contributed by atoms with Gasteiger partial charge in [-0.25, -0.2) is 4.79 Å². The Balaban J connectivity index is 1.88. The minimum Gasteiger partial charge on any atom is -0.444 e. The standard InChI is InChI=1S/C15H23N3O2/c1-15(2,3)20-14(19)18-9-11-8-16-10-12(11)13-6-4-5-7-17-13/h4-7,11-12,16H,8-10H2,1-3H3,(H,18,19). The number of hydrogen-bond acceptors (Lipinski definition) is 4. The number of aromatic nitrogens is 1. The van der Waals surface area contributed by atoms with Crippen molar-refractivity contribution in [2.24, 2.45) is 5.92 Å². The number of hydrogen-bond donors (Lipinski definition) is 2. The molecule has 0 radical (unpaired) electrons.